The SMILES string of the molecule is CC1CNCCN1C(=O)Cc1cnn(C)c1.Cl.Cl. The van der Waals surface area contributed by atoms with Crippen LogP contribution in [-0.2, 0) is 18.3 Å². The standard InChI is InChI=1S/C11H18N4O.2ClH/c1-9-6-12-3-4-15(9)11(16)5-10-7-13-14(2)8-10;;/h7-9,12H,3-6H2,1-2H3;2*1H. The van der Waals surface area contributed by atoms with Gasteiger partial charge in [-0.2, -0.15) is 5.10 Å². The number of hydrogen-bond acceptors (Lipinski definition) is 3. The van der Waals surface area contributed by atoms with Crippen LogP contribution in [-0.4, -0.2) is 46.3 Å². The van der Waals surface area contributed by atoms with E-state index in [1.807, 2.05) is 18.1 Å². The van der Waals surface area contributed by atoms with Crippen molar-refractivity contribution in [1.82, 2.24) is 20.0 Å². The summed E-state index contributed by atoms with van der Waals surface area (Å²) in [7, 11) is 1.86. The van der Waals surface area contributed by atoms with Crippen molar-refractivity contribution in [2.75, 3.05) is 19.6 Å². The molecule has 1 unspecified atom stereocenters. The van der Waals surface area contributed by atoms with Crippen molar-refractivity contribution >= 4 is 30.7 Å². The van der Waals surface area contributed by atoms with Crippen LogP contribution in [0, 0.1) is 0 Å². The Morgan fingerprint density at radius 2 is 2.28 bits per heavy atom. The van der Waals surface area contributed by atoms with Gasteiger partial charge in [0.25, 0.3) is 0 Å². The lowest BCUT2D eigenvalue weighted by molar-refractivity contribution is -0.133. The summed E-state index contributed by atoms with van der Waals surface area (Å²) in [6.07, 6.45) is 4.10. The molecule has 1 saturated heterocycles. The monoisotopic (exact) mass is 294 g/mol. The Balaban J connectivity index is 0.00000144. The second-order valence-electron chi connectivity index (χ2n) is 4.34. The Morgan fingerprint density at radius 1 is 1.56 bits per heavy atom. The molecule has 0 radical (unpaired) electrons. The van der Waals surface area contributed by atoms with E-state index in [0.717, 1.165) is 25.2 Å². The number of nitrogens with zero attached hydrogens (tertiary/aromatic N) is 3. The van der Waals surface area contributed by atoms with Crippen molar-refractivity contribution in [3.8, 4) is 0 Å². The smallest absolute Gasteiger partial charge is 0.227 e. The summed E-state index contributed by atoms with van der Waals surface area (Å²) in [5.41, 5.74) is 0.984. The number of carbonyl (C=O) groups excluding carboxylic acids is 1. The molecule has 1 aliphatic rings. The van der Waals surface area contributed by atoms with Gasteiger partial charge in [0, 0.05) is 38.9 Å². The van der Waals surface area contributed by atoms with Gasteiger partial charge in [0.1, 0.15) is 0 Å². The third kappa shape index (κ3) is 4.15. The van der Waals surface area contributed by atoms with Crippen molar-refractivity contribution in [3.63, 3.8) is 0 Å². The summed E-state index contributed by atoms with van der Waals surface area (Å²) in [6, 6.07) is 0.290. The van der Waals surface area contributed by atoms with Crippen molar-refractivity contribution in [2.45, 2.75) is 19.4 Å². The average Bonchev–Trinajstić information content (AvgIpc) is 2.64. The number of nitrogens with one attached hydrogen (secondary N) is 1. The molecule has 1 atom stereocenters. The van der Waals surface area contributed by atoms with Crippen LogP contribution in [0.25, 0.3) is 0 Å². The predicted molar refractivity (Wildman–Crippen MR) is 75.5 cm³/mol. The highest BCUT2D eigenvalue weighted by Crippen LogP contribution is 2.07. The lowest BCUT2D eigenvalue weighted by atomic mass is 10.1. The number of hydrogen-bond donors (Lipinski definition) is 1. The molecule has 0 spiro atoms. The Hall–Kier alpha value is -0.780. The highest BCUT2D eigenvalue weighted by atomic mass is 35.5. The fourth-order valence-corrected chi connectivity index (χ4v) is 2.05. The van der Waals surface area contributed by atoms with E-state index >= 15 is 0 Å². The molecule has 2 rings (SSSR count). The van der Waals surface area contributed by atoms with E-state index in [1.54, 1.807) is 10.9 Å². The molecule has 1 N–H and O–H groups in total. The van der Waals surface area contributed by atoms with Crippen LogP contribution in [0.3, 0.4) is 0 Å². The lowest BCUT2D eigenvalue weighted by Crippen LogP contribution is -2.52. The highest BCUT2D eigenvalue weighted by molar-refractivity contribution is 5.85. The molecule has 18 heavy (non-hydrogen) atoms. The molecule has 1 aromatic heterocycles. The summed E-state index contributed by atoms with van der Waals surface area (Å²) in [6.45, 7) is 4.66. The van der Waals surface area contributed by atoms with E-state index in [9.17, 15) is 4.79 Å². The molecule has 2 heterocycles. The van der Waals surface area contributed by atoms with Gasteiger partial charge in [-0.05, 0) is 12.5 Å². The van der Waals surface area contributed by atoms with Gasteiger partial charge in [0.2, 0.25) is 5.91 Å². The number of aryl methyl sites for hydroxylation is 1. The minimum Gasteiger partial charge on any atom is -0.337 e. The fraction of sp³-hybridized carbons (Fsp3) is 0.636. The summed E-state index contributed by atoms with van der Waals surface area (Å²) in [5, 5.41) is 7.34. The normalized spacial score (nSPS) is 18.8. The first-order valence-electron chi connectivity index (χ1n) is 5.64. The highest BCUT2D eigenvalue weighted by Gasteiger charge is 2.22. The largest absolute Gasteiger partial charge is 0.337 e. The van der Waals surface area contributed by atoms with Gasteiger partial charge < -0.3 is 10.2 Å². The molecular formula is C11H20Cl2N4O. The molecule has 7 heteroatoms. The second-order valence-corrected chi connectivity index (χ2v) is 4.34. The molecule has 0 saturated carbocycles. The lowest BCUT2D eigenvalue weighted by Gasteiger charge is -2.34. The van der Waals surface area contributed by atoms with Crippen LogP contribution in [0.4, 0.5) is 0 Å². The topological polar surface area (TPSA) is 50.2 Å². The van der Waals surface area contributed by atoms with E-state index in [4.69, 9.17) is 0 Å². The van der Waals surface area contributed by atoms with E-state index in [2.05, 4.69) is 17.3 Å². The molecule has 0 bridgehead atoms. The zero-order valence-corrected chi connectivity index (χ0v) is 12.3. The van der Waals surface area contributed by atoms with Gasteiger partial charge >= 0.3 is 0 Å². The quantitative estimate of drug-likeness (QED) is 0.870. The molecule has 5 nitrogen and oxygen atoms in total. The van der Waals surface area contributed by atoms with E-state index < -0.39 is 0 Å². The minimum atomic E-state index is 0. The van der Waals surface area contributed by atoms with Gasteiger partial charge in [-0.1, -0.05) is 0 Å². The minimum absolute atomic E-state index is 0. The Bertz CT molecular complexity index is 383. The first-order valence-corrected chi connectivity index (χ1v) is 5.64. The van der Waals surface area contributed by atoms with Gasteiger partial charge in [-0.25, -0.2) is 0 Å². The number of amides is 1. The Labute approximate surface area is 120 Å². The fourth-order valence-electron chi connectivity index (χ4n) is 2.05. The third-order valence-electron chi connectivity index (χ3n) is 2.94. The predicted octanol–water partition coefficient (Wildman–Crippen LogP) is 0.626. The zero-order valence-electron chi connectivity index (χ0n) is 10.6. The molecule has 1 aliphatic heterocycles. The molecular weight excluding hydrogens is 275 g/mol. The summed E-state index contributed by atoms with van der Waals surface area (Å²) >= 11 is 0. The number of rotatable bonds is 2. The number of carbonyl (C=O) groups is 1. The summed E-state index contributed by atoms with van der Waals surface area (Å²) < 4.78 is 1.73. The molecule has 0 aromatic carbocycles. The first kappa shape index (κ1) is 17.2. The van der Waals surface area contributed by atoms with Gasteiger partial charge in [0.15, 0.2) is 0 Å². The van der Waals surface area contributed by atoms with Crippen LogP contribution in [0.5, 0.6) is 0 Å². The van der Waals surface area contributed by atoms with Crippen molar-refractivity contribution in [2.24, 2.45) is 7.05 Å². The Kier molecular flexibility index (Phi) is 7.28. The molecule has 0 aliphatic carbocycles. The van der Waals surface area contributed by atoms with Crippen molar-refractivity contribution in [1.29, 1.82) is 0 Å². The van der Waals surface area contributed by atoms with Gasteiger partial charge in [-0.3, -0.25) is 9.48 Å². The van der Waals surface area contributed by atoms with Crippen LogP contribution >= 0.6 is 24.8 Å². The van der Waals surface area contributed by atoms with Gasteiger partial charge in [-0.15, -0.1) is 24.8 Å². The van der Waals surface area contributed by atoms with Crippen LogP contribution in [0.15, 0.2) is 12.4 Å². The van der Waals surface area contributed by atoms with Crippen molar-refractivity contribution in [3.05, 3.63) is 18.0 Å². The first-order chi connectivity index (χ1) is 7.66. The molecule has 1 aromatic rings. The van der Waals surface area contributed by atoms with E-state index in [0.29, 0.717) is 6.42 Å². The van der Waals surface area contributed by atoms with Crippen LogP contribution < -0.4 is 5.32 Å². The van der Waals surface area contributed by atoms with Crippen molar-refractivity contribution < 1.29 is 4.79 Å². The van der Waals surface area contributed by atoms with Gasteiger partial charge in [0.05, 0.1) is 12.6 Å². The molecule has 104 valence electrons. The maximum atomic E-state index is 12.0. The molecule has 1 amide bonds. The van der Waals surface area contributed by atoms with Crippen LogP contribution in [0.1, 0.15) is 12.5 Å². The zero-order chi connectivity index (χ0) is 11.5. The second kappa shape index (κ2) is 7.61. The van der Waals surface area contributed by atoms with E-state index in [-0.39, 0.29) is 36.8 Å². The number of piperazine rings is 1. The maximum Gasteiger partial charge on any atom is 0.227 e. The maximum absolute atomic E-state index is 12.0. The summed E-state index contributed by atoms with van der Waals surface area (Å²) in [4.78, 5) is 14.0. The third-order valence-corrected chi connectivity index (χ3v) is 2.94. The number of halogens is 2. The average molecular weight is 295 g/mol. The number of aromatic nitrogens is 2. The van der Waals surface area contributed by atoms with E-state index in [1.165, 1.54) is 0 Å². The molecule has 1 fully saturated rings. The Morgan fingerprint density at radius 3 is 2.83 bits per heavy atom. The summed E-state index contributed by atoms with van der Waals surface area (Å²) in [5.74, 6) is 0.196. The van der Waals surface area contributed by atoms with Crippen LogP contribution in [0.2, 0.25) is 0 Å².